The molecule has 238 valence electrons. The quantitative estimate of drug-likeness (QED) is 0.0413. The van der Waals surface area contributed by atoms with Crippen molar-refractivity contribution < 1.29 is 48.2 Å². The SMILES string of the molecule is CNC(=O)CNC(=O)CC(S)NC(=O)CNC(=O)CNC(=O)CCc1ccc(N2C(=O)C=CC2=O)cc1OCCCC(=O)O. The number of carboxylic acid groups (broad SMARTS) is 1. The monoisotopic (exact) mass is 634 g/mol. The summed E-state index contributed by atoms with van der Waals surface area (Å²) in [6, 6.07) is 4.56. The zero-order valence-electron chi connectivity index (χ0n) is 23.8. The van der Waals surface area contributed by atoms with Gasteiger partial charge in [0.05, 0.1) is 43.7 Å². The van der Waals surface area contributed by atoms with Crippen LogP contribution in [0, 0.1) is 0 Å². The molecule has 0 fully saturated rings. The van der Waals surface area contributed by atoms with Crippen LogP contribution in [0.1, 0.15) is 31.2 Å². The van der Waals surface area contributed by atoms with Crippen molar-refractivity contribution in [2.24, 2.45) is 0 Å². The molecule has 7 amide bonds. The lowest BCUT2D eigenvalue weighted by Gasteiger charge is -2.18. The van der Waals surface area contributed by atoms with Gasteiger partial charge in [-0.2, -0.15) is 12.6 Å². The third-order valence-electron chi connectivity index (χ3n) is 5.86. The topological polar surface area (TPSA) is 229 Å². The fourth-order valence-electron chi connectivity index (χ4n) is 3.64. The molecule has 0 saturated carbocycles. The standard InChI is InChI=1S/C27H34N6O10S/c1-28-21(36)13-30-20(35)12-24(44)32-23(38)15-31-22(37)14-29-19(34)7-5-16-4-6-17(33-25(39)8-9-26(33)40)11-18(16)43-10-2-3-27(41)42/h4,6,8-9,11,24,44H,2-3,5,7,10,12-15H2,1H3,(H,28,36)(H,29,34)(H,30,35)(H,31,37)(H,32,38)(H,41,42). The Morgan fingerprint density at radius 1 is 0.864 bits per heavy atom. The van der Waals surface area contributed by atoms with E-state index in [9.17, 15) is 38.4 Å². The van der Waals surface area contributed by atoms with Crippen LogP contribution in [0.2, 0.25) is 0 Å². The highest BCUT2D eigenvalue weighted by molar-refractivity contribution is 7.81. The zero-order valence-corrected chi connectivity index (χ0v) is 24.7. The van der Waals surface area contributed by atoms with E-state index in [2.05, 4.69) is 39.2 Å². The number of ether oxygens (including phenoxy) is 1. The first-order valence-corrected chi connectivity index (χ1v) is 13.9. The third-order valence-corrected chi connectivity index (χ3v) is 6.17. The van der Waals surface area contributed by atoms with Crippen LogP contribution in [0.15, 0.2) is 30.4 Å². The molecule has 44 heavy (non-hydrogen) atoms. The predicted molar refractivity (Wildman–Crippen MR) is 157 cm³/mol. The van der Waals surface area contributed by atoms with E-state index >= 15 is 0 Å². The number of carboxylic acids is 1. The van der Waals surface area contributed by atoms with Gasteiger partial charge in [-0.15, -0.1) is 0 Å². The smallest absolute Gasteiger partial charge is 0.303 e. The Morgan fingerprint density at radius 3 is 2.14 bits per heavy atom. The average Bonchev–Trinajstić information content (AvgIpc) is 3.32. The maximum atomic E-state index is 12.4. The maximum absolute atomic E-state index is 12.4. The van der Waals surface area contributed by atoms with Crippen LogP contribution in [0.5, 0.6) is 5.75 Å². The number of amides is 7. The lowest BCUT2D eigenvalue weighted by Crippen LogP contribution is -2.44. The van der Waals surface area contributed by atoms with Crippen molar-refractivity contribution in [2.75, 3.05) is 38.2 Å². The summed E-state index contributed by atoms with van der Waals surface area (Å²) >= 11 is 4.09. The van der Waals surface area contributed by atoms with Crippen LogP contribution in [0.25, 0.3) is 0 Å². The molecule has 2 rings (SSSR count). The Labute approximate surface area is 257 Å². The van der Waals surface area contributed by atoms with Crippen molar-refractivity contribution in [3.63, 3.8) is 0 Å². The molecule has 1 atom stereocenters. The van der Waals surface area contributed by atoms with Gasteiger partial charge in [0.2, 0.25) is 29.5 Å². The van der Waals surface area contributed by atoms with Crippen molar-refractivity contribution in [3.8, 4) is 5.75 Å². The number of nitrogens with zero attached hydrogens (tertiary/aromatic N) is 1. The van der Waals surface area contributed by atoms with E-state index in [1.807, 2.05) is 0 Å². The summed E-state index contributed by atoms with van der Waals surface area (Å²) in [6.45, 7) is -1.02. The normalized spacial score (nSPS) is 12.7. The number of benzene rings is 1. The first-order chi connectivity index (χ1) is 20.9. The first kappa shape index (κ1) is 35.3. The molecular formula is C27H34N6O10S. The number of hydrogen-bond donors (Lipinski definition) is 7. The molecule has 0 aliphatic carbocycles. The molecule has 1 aromatic rings. The van der Waals surface area contributed by atoms with Crippen molar-refractivity contribution in [2.45, 2.75) is 37.5 Å². The predicted octanol–water partition coefficient (Wildman–Crippen LogP) is -1.85. The van der Waals surface area contributed by atoms with Gasteiger partial charge in [0.25, 0.3) is 11.8 Å². The van der Waals surface area contributed by atoms with E-state index in [0.29, 0.717) is 5.56 Å². The number of carbonyl (C=O) groups is 8. The third kappa shape index (κ3) is 12.5. The Bertz CT molecular complexity index is 1300. The van der Waals surface area contributed by atoms with Gasteiger partial charge >= 0.3 is 5.97 Å². The van der Waals surface area contributed by atoms with Gasteiger partial charge in [-0.3, -0.25) is 38.4 Å². The molecular weight excluding hydrogens is 600 g/mol. The minimum absolute atomic E-state index is 0.0433. The van der Waals surface area contributed by atoms with E-state index in [0.717, 1.165) is 17.1 Å². The minimum Gasteiger partial charge on any atom is -0.493 e. The number of rotatable bonds is 18. The molecule has 1 aliphatic heterocycles. The summed E-state index contributed by atoms with van der Waals surface area (Å²) in [5, 5.41) is 19.8. The number of nitrogens with one attached hydrogen (secondary N) is 5. The number of anilines is 1. The Hall–Kier alpha value is -4.93. The summed E-state index contributed by atoms with van der Waals surface area (Å²) in [5.74, 6) is -4.44. The summed E-state index contributed by atoms with van der Waals surface area (Å²) in [7, 11) is 1.42. The van der Waals surface area contributed by atoms with Crippen molar-refractivity contribution in [1.29, 1.82) is 0 Å². The molecule has 1 heterocycles. The molecule has 0 saturated heterocycles. The Morgan fingerprint density at radius 2 is 1.48 bits per heavy atom. The van der Waals surface area contributed by atoms with E-state index in [1.54, 1.807) is 6.07 Å². The fraction of sp³-hybridized carbons (Fsp3) is 0.407. The second-order valence-electron chi connectivity index (χ2n) is 9.27. The van der Waals surface area contributed by atoms with Gasteiger partial charge in [-0.05, 0) is 24.5 Å². The largest absolute Gasteiger partial charge is 0.493 e. The Balaban J connectivity index is 1.80. The van der Waals surface area contributed by atoms with Crippen LogP contribution >= 0.6 is 12.6 Å². The molecule has 0 aromatic heterocycles. The van der Waals surface area contributed by atoms with Crippen molar-refractivity contribution >= 4 is 65.6 Å². The maximum Gasteiger partial charge on any atom is 0.303 e. The highest BCUT2D eigenvalue weighted by Crippen LogP contribution is 2.29. The summed E-state index contributed by atoms with van der Waals surface area (Å²) in [4.78, 5) is 95.2. The van der Waals surface area contributed by atoms with Crippen LogP contribution < -0.4 is 36.2 Å². The lowest BCUT2D eigenvalue weighted by molar-refractivity contribution is -0.137. The molecule has 6 N–H and O–H groups in total. The summed E-state index contributed by atoms with van der Waals surface area (Å²) in [5.41, 5.74) is 0.802. The van der Waals surface area contributed by atoms with Crippen molar-refractivity contribution in [3.05, 3.63) is 35.9 Å². The molecule has 0 bridgehead atoms. The first-order valence-electron chi connectivity index (χ1n) is 13.4. The molecule has 0 radical (unpaired) electrons. The van der Waals surface area contributed by atoms with Gasteiger partial charge in [0, 0.05) is 38.1 Å². The van der Waals surface area contributed by atoms with Gasteiger partial charge in [0.1, 0.15) is 5.75 Å². The van der Waals surface area contributed by atoms with E-state index < -0.39 is 65.8 Å². The molecule has 1 aliphatic rings. The molecule has 16 nitrogen and oxygen atoms in total. The molecule has 17 heteroatoms. The second-order valence-corrected chi connectivity index (χ2v) is 9.90. The van der Waals surface area contributed by atoms with Crippen LogP contribution in [-0.4, -0.2) is 91.1 Å². The van der Waals surface area contributed by atoms with Gasteiger partial charge in [-0.1, -0.05) is 6.07 Å². The molecule has 0 spiro atoms. The number of aryl methyl sites for hydroxylation is 1. The lowest BCUT2D eigenvalue weighted by atomic mass is 10.1. The molecule has 1 unspecified atom stereocenters. The Kier molecular flexibility index (Phi) is 14.3. The number of likely N-dealkylation sites (N-methyl/N-ethyl adjacent to an activating group) is 1. The van der Waals surface area contributed by atoms with Crippen LogP contribution in [0.3, 0.4) is 0 Å². The zero-order chi connectivity index (χ0) is 32.6. The van der Waals surface area contributed by atoms with E-state index in [-0.39, 0.29) is 56.7 Å². The number of carbonyl (C=O) groups excluding carboxylic acids is 7. The van der Waals surface area contributed by atoms with Gasteiger partial charge in [0.15, 0.2) is 0 Å². The number of imide groups is 1. The minimum atomic E-state index is -0.992. The summed E-state index contributed by atoms with van der Waals surface area (Å²) < 4.78 is 5.71. The van der Waals surface area contributed by atoms with E-state index in [1.165, 1.54) is 19.2 Å². The van der Waals surface area contributed by atoms with E-state index in [4.69, 9.17) is 9.84 Å². The van der Waals surface area contributed by atoms with Crippen LogP contribution in [-0.2, 0) is 44.8 Å². The highest BCUT2D eigenvalue weighted by atomic mass is 32.1. The number of hydrogen-bond acceptors (Lipinski definition) is 10. The fourth-order valence-corrected chi connectivity index (χ4v) is 3.95. The number of thiol groups is 1. The van der Waals surface area contributed by atoms with Gasteiger partial charge < -0.3 is 36.4 Å². The summed E-state index contributed by atoms with van der Waals surface area (Å²) in [6.07, 6.45) is 2.23. The van der Waals surface area contributed by atoms with Crippen LogP contribution in [0.4, 0.5) is 5.69 Å². The second kappa shape index (κ2) is 17.9. The number of aliphatic carboxylic acids is 1. The molecule has 1 aromatic carbocycles. The van der Waals surface area contributed by atoms with Gasteiger partial charge in [-0.25, -0.2) is 4.90 Å². The average molecular weight is 635 g/mol. The van der Waals surface area contributed by atoms with Crippen molar-refractivity contribution in [1.82, 2.24) is 26.6 Å². The highest BCUT2D eigenvalue weighted by Gasteiger charge is 2.26.